The summed E-state index contributed by atoms with van der Waals surface area (Å²) in [5.74, 6) is -0.375. The molecule has 1 rings (SSSR count). The summed E-state index contributed by atoms with van der Waals surface area (Å²) in [5, 5.41) is 8.68. The largest absolute Gasteiger partial charge is 0.524 e. The van der Waals surface area contributed by atoms with Gasteiger partial charge < -0.3 is 9.63 Å². The highest BCUT2D eigenvalue weighted by atomic mass is 31.2. The first-order valence-corrected chi connectivity index (χ1v) is 5.80. The van der Waals surface area contributed by atoms with Crippen molar-refractivity contribution in [2.24, 2.45) is 0 Å². The van der Waals surface area contributed by atoms with E-state index < -0.39 is 19.6 Å². The lowest BCUT2D eigenvalue weighted by molar-refractivity contribution is -0.137. The topological polar surface area (TPSA) is 87.0 Å². The number of hydrogen-bond donors (Lipinski definition) is 3. The lowest BCUT2D eigenvalue weighted by atomic mass is 10.2. The molecule has 3 N–H and O–H groups in total. The van der Waals surface area contributed by atoms with E-state index >= 15 is 0 Å². The lowest BCUT2D eigenvalue weighted by Gasteiger charge is -2.05. The van der Waals surface area contributed by atoms with Gasteiger partial charge in [0.15, 0.2) is 0 Å². The first-order valence-electron chi connectivity index (χ1n) is 4.27. The maximum absolute atomic E-state index is 11.9. The van der Waals surface area contributed by atoms with Crippen LogP contribution in [0.1, 0.15) is 5.56 Å². The van der Waals surface area contributed by atoms with Crippen LogP contribution in [0.5, 0.6) is 5.75 Å². The van der Waals surface area contributed by atoms with E-state index in [1.807, 2.05) is 0 Å². The summed E-state index contributed by atoms with van der Waals surface area (Å²) >= 11 is 0. The van der Waals surface area contributed by atoms with Crippen molar-refractivity contribution in [3.05, 3.63) is 42.7 Å². The van der Waals surface area contributed by atoms with E-state index in [9.17, 15) is 17.7 Å². The molecule has 0 aliphatic rings. The Morgan fingerprint density at radius 2 is 1.89 bits per heavy atom. The first kappa shape index (κ1) is 16.5. The second-order valence-electron chi connectivity index (χ2n) is 2.81. The Balaban J connectivity index is 0.000000360. The van der Waals surface area contributed by atoms with Crippen LogP contribution in [-0.2, 0) is 15.3 Å². The Bertz CT molecular complexity index is 440. The number of alkyl halides is 3. The number of phenols is 1. The van der Waals surface area contributed by atoms with Crippen molar-refractivity contribution < 1.29 is 37.2 Å². The van der Waals surface area contributed by atoms with Gasteiger partial charge in [-0.3, -0.25) is 9.79 Å². The fourth-order valence-corrected chi connectivity index (χ4v) is 0.974. The van der Waals surface area contributed by atoms with Gasteiger partial charge in [-0.25, -0.2) is 4.57 Å². The Hall–Kier alpha value is -1.50. The summed E-state index contributed by atoms with van der Waals surface area (Å²) in [5.41, 5.74) is -0.836. The molecule has 0 radical (unpaired) electrons. The molecule has 1 aromatic rings. The van der Waals surface area contributed by atoms with Gasteiger partial charge in [0.05, 0.1) is 11.8 Å². The Labute approximate surface area is 100 Å². The second kappa shape index (κ2) is 6.44. The highest BCUT2D eigenvalue weighted by molar-refractivity contribution is 7.46. The summed E-state index contributed by atoms with van der Waals surface area (Å²) in [6, 6.07) is 3.92. The minimum atomic E-state index is -4.38. The monoisotopic (exact) mass is 286 g/mol. The van der Waals surface area contributed by atoms with Gasteiger partial charge in [-0.05, 0) is 18.2 Å². The zero-order valence-electron chi connectivity index (χ0n) is 8.83. The van der Waals surface area contributed by atoms with Crippen molar-refractivity contribution in [2.45, 2.75) is 6.18 Å². The smallest absolute Gasteiger partial charge is 0.508 e. The van der Waals surface area contributed by atoms with Crippen molar-refractivity contribution in [3.63, 3.8) is 0 Å². The molecule has 102 valence electrons. The number of benzene rings is 1. The Kier molecular flexibility index (Phi) is 5.90. The van der Waals surface area contributed by atoms with Crippen molar-refractivity contribution in [1.29, 1.82) is 0 Å². The summed E-state index contributed by atoms with van der Waals surface area (Å²) in [4.78, 5) is 15.7. The number of phenolic OH excluding ortho intramolecular Hbond substituents is 1. The molecule has 0 bridgehead atoms. The molecular weight excluding hydrogens is 276 g/mol. The fourth-order valence-electron chi connectivity index (χ4n) is 0.779. The predicted molar refractivity (Wildman–Crippen MR) is 56.4 cm³/mol. The van der Waals surface area contributed by atoms with Crippen molar-refractivity contribution in [2.75, 3.05) is 0 Å². The third kappa shape index (κ3) is 7.72. The van der Waals surface area contributed by atoms with Gasteiger partial charge >= 0.3 is 14.0 Å². The van der Waals surface area contributed by atoms with Gasteiger partial charge in [-0.15, -0.1) is 0 Å². The molecule has 0 heterocycles. The van der Waals surface area contributed by atoms with Crippen LogP contribution in [0.15, 0.2) is 37.1 Å². The van der Waals surface area contributed by atoms with Crippen molar-refractivity contribution in [3.8, 4) is 5.75 Å². The normalized spacial score (nSPS) is 11.2. The molecule has 0 unspecified atom stereocenters. The molecule has 0 spiro atoms. The molecule has 0 aromatic heterocycles. The number of rotatable bonds is 2. The highest BCUT2D eigenvalue weighted by Crippen LogP contribution is 2.35. The van der Waals surface area contributed by atoms with Crippen LogP contribution < -0.4 is 0 Å². The minimum Gasteiger partial charge on any atom is -0.508 e. The second-order valence-corrected chi connectivity index (χ2v) is 4.00. The van der Waals surface area contributed by atoms with E-state index in [0.717, 1.165) is 12.1 Å². The lowest BCUT2D eigenvalue weighted by Crippen LogP contribution is -2.03. The summed E-state index contributed by atoms with van der Waals surface area (Å²) in [6.07, 6.45) is -3.68. The first-order chi connectivity index (χ1) is 8.06. The maximum atomic E-state index is 11.9. The minimum absolute atomic E-state index is 0.375. The van der Waals surface area contributed by atoms with Crippen LogP contribution in [0.4, 0.5) is 13.2 Å². The Morgan fingerprint density at radius 1 is 1.33 bits per heavy atom. The molecule has 0 amide bonds. The van der Waals surface area contributed by atoms with E-state index in [-0.39, 0.29) is 5.75 Å². The zero-order chi connectivity index (χ0) is 14.4. The van der Waals surface area contributed by atoms with Crippen molar-refractivity contribution >= 4 is 7.82 Å². The average molecular weight is 286 g/mol. The SMILES string of the molecule is C=COP(=O)(O)O.Oc1cccc(C(F)(F)F)c1. The highest BCUT2D eigenvalue weighted by Gasteiger charge is 2.30. The zero-order valence-corrected chi connectivity index (χ0v) is 9.73. The van der Waals surface area contributed by atoms with E-state index in [4.69, 9.17) is 14.9 Å². The molecule has 0 saturated heterocycles. The molecule has 18 heavy (non-hydrogen) atoms. The van der Waals surface area contributed by atoms with Crippen LogP contribution in [0, 0.1) is 0 Å². The molecule has 5 nitrogen and oxygen atoms in total. The van der Waals surface area contributed by atoms with E-state index in [1.54, 1.807) is 0 Å². The quantitative estimate of drug-likeness (QED) is 0.574. The predicted octanol–water partition coefficient (Wildman–Crippen LogP) is 2.65. The standard InChI is InChI=1S/C7H5F3O.C2H5O4P/c8-7(9,10)5-2-1-3-6(11)4-5;1-2-6-7(3,4)5/h1-4,11H;2H,1H2,(H2,3,4,5). The fraction of sp³-hybridized carbons (Fsp3) is 0.111. The van der Waals surface area contributed by atoms with Crippen molar-refractivity contribution in [1.82, 2.24) is 0 Å². The third-order valence-corrected chi connectivity index (χ3v) is 1.81. The summed E-state index contributed by atoms with van der Waals surface area (Å²) in [7, 11) is -4.28. The molecular formula is C9H10F3O5P. The van der Waals surface area contributed by atoms with Crippen LogP contribution in [0.3, 0.4) is 0 Å². The van der Waals surface area contributed by atoms with Crippen LogP contribution in [-0.4, -0.2) is 14.9 Å². The number of aromatic hydroxyl groups is 1. The maximum Gasteiger partial charge on any atom is 0.524 e. The molecule has 9 heteroatoms. The summed E-state index contributed by atoms with van der Waals surface area (Å²) in [6.45, 7) is 2.93. The molecule has 0 atom stereocenters. The molecule has 0 saturated carbocycles. The average Bonchev–Trinajstić information content (AvgIpc) is 2.15. The molecule has 0 aliphatic carbocycles. The number of phosphoric ester groups is 1. The van der Waals surface area contributed by atoms with Gasteiger partial charge in [0, 0.05) is 0 Å². The van der Waals surface area contributed by atoms with E-state index in [0.29, 0.717) is 12.3 Å². The summed E-state index contributed by atoms with van der Waals surface area (Å²) < 4.78 is 48.9. The van der Waals surface area contributed by atoms with Crippen LogP contribution in [0.25, 0.3) is 0 Å². The van der Waals surface area contributed by atoms with Crippen LogP contribution >= 0.6 is 7.82 Å². The van der Waals surface area contributed by atoms with Crippen LogP contribution in [0.2, 0.25) is 0 Å². The number of hydrogen-bond acceptors (Lipinski definition) is 3. The van der Waals surface area contributed by atoms with Gasteiger partial charge in [0.25, 0.3) is 0 Å². The van der Waals surface area contributed by atoms with E-state index in [2.05, 4.69) is 11.1 Å². The van der Waals surface area contributed by atoms with E-state index in [1.165, 1.54) is 6.07 Å². The molecule has 1 aromatic carbocycles. The van der Waals surface area contributed by atoms with Gasteiger partial charge in [0.2, 0.25) is 0 Å². The third-order valence-electron chi connectivity index (χ3n) is 1.39. The van der Waals surface area contributed by atoms with Gasteiger partial charge in [0.1, 0.15) is 5.75 Å². The van der Waals surface area contributed by atoms with Gasteiger partial charge in [-0.2, -0.15) is 13.2 Å². The number of halogens is 3. The molecule has 0 fully saturated rings. The number of phosphoric acid groups is 1. The molecule has 0 aliphatic heterocycles. The Morgan fingerprint density at radius 3 is 2.11 bits per heavy atom. The van der Waals surface area contributed by atoms with Gasteiger partial charge in [-0.1, -0.05) is 12.6 Å².